The van der Waals surface area contributed by atoms with Crippen molar-refractivity contribution >= 4 is 29.9 Å². The summed E-state index contributed by atoms with van der Waals surface area (Å²) in [7, 11) is 2.22. The molecule has 2 rings (SSSR count). The minimum atomic E-state index is 0. The second-order valence-corrected chi connectivity index (χ2v) is 9.17. The van der Waals surface area contributed by atoms with E-state index < -0.39 is 0 Å². The summed E-state index contributed by atoms with van der Waals surface area (Å²) in [5.74, 6) is 2.52. The first-order valence-electron chi connectivity index (χ1n) is 11.7. The number of aliphatic imine (C=N–C) groups is 1. The second kappa shape index (κ2) is 14.8. The van der Waals surface area contributed by atoms with Crippen molar-refractivity contribution < 1.29 is 0 Å². The zero-order chi connectivity index (χ0) is 20.4. The lowest BCUT2D eigenvalue weighted by atomic mass is 9.99. The molecule has 2 aliphatic heterocycles. The van der Waals surface area contributed by atoms with E-state index in [4.69, 9.17) is 4.99 Å². The zero-order valence-corrected chi connectivity index (χ0v) is 22.0. The van der Waals surface area contributed by atoms with Gasteiger partial charge >= 0.3 is 0 Å². The molecule has 1 atom stereocenters. The minimum Gasteiger partial charge on any atom is -0.357 e. The third-order valence-electron chi connectivity index (χ3n) is 6.38. The Balaban J connectivity index is 0.00000420. The number of nitrogens with one attached hydrogen (secondary N) is 2. The number of hydrogen-bond acceptors (Lipinski definition) is 4. The van der Waals surface area contributed by atoms with Crippen LogP contribution in [0.25, 0.3) is 0 Å². The Hall–Kier alpha value is -0.120. The van der Waals surface area contributed by atoms with Gasteiger partial charge in [0.15, 0.2) is 5.96 Å². The van der Waals surface area contributed by atoms with Crippen LogP contribution in [0.2, 0.25) is 0 Å². The maximum absolute atomic E-state index is 4.95. The number of piperidine rings is 1. The van der Waals surface area contributed by atoms with Crippen molar-refractivity contribution in [2.75, 3.05) is 72.5 Å². The van der Waals surface area contributed by atoms with E-state index in [0.29, 0.717) is 12.0 Å². The maximum Gasteiger partial charge on any atom is 0.191 e. The first-order valence-corrected chi connectivity index (χ1v) is 11.7. The first-order chi connectivity index (χ1) is 13.5. The maximum atomic E-state index is 4.95. The Labute approximate surface area is 197 Å². The highest BCUT2D eigenvalue weighted by Gasteiger charge is 2.24. The van der Waals surface area contributed by atoms with Crippen LogP contribution in [0.4, 0.5) is 0 Å². The smallest absolute Gasteiger partial charge is 0.191 e. The van der Waals surface area contributed by atoms with Gasteiger partial charge in [0.05, 0.1) is 6.54 Å². The SMILES string of the molecule is CCNC(=NCC(C(C)C)N1CCN(C)CC1)NCCCN1CCC(C)CC1.I. The van der Waals surface area contributed by atoms with E-state index >= 15 is 0 Å². The molecule has 0 amide bonds. The van der Waals surface area contributed by atoms with Crippen molar-refractivity contribution in [1.29, 1.82) is 0 Å². The average Bonchev–Trinajstić information content (AvgIpc) is 2.67. The lowest BCUT2D eigenvalue weighted by Gasteiger charge is -2.39. The largest absolute Gasteiger partial charge is 0.357 e. The van der Waals surface area contributed by atoms with Gasteiger partial charge in [0.1, 0.15) is 0 Å². The van der Waals surface area contributed by atoms with Crippen LogP contribution >= 0.6 is 24.0 Å². The predicted octanol–water partition coefficient (Wildman–Crippen LogP) is 2.55. The third kappa shape index (κ3) is 10.2. The van der Waals surface area contributed by atoms with E-state index in [1.54, 1.807) is 0 Å². The summed E-state index contributed by atoms with van der Waals surface area (Å²) in [5.41, 5.74) is 0. The van der Waals surface area contributed by atoms with Gasteiger partial charge in [-0.2, -0.15) is 0 Å². The van der Waals surface area contributed by atoms with E-state index in [2.05, 4.69) is 60.1 Å². The van der Waals surface area contributed by atoms with Crippen molar-refractivity contribution in [2.45, 2.75) is 53.0 Å². The van der Waals surface area contributed by atoms with Gasteiger partial charge in [-0.1, -0.05) is 20.8 Å². The molecule has 29 heavy (non-hydrogen) atoms. The summed E-state index contributed by atoms with van der Waals surface area (Å²) in [6, 6.07) is 0.527. The van der Waals surface area contributed by atoms with Crippen LogP contribution in [0.1, 0.15) is 47.0 Å². The highest BCUT2D eigenvalue weighted by molar-refractivity contribution is 14.0. The van der Waals surface area contributed by atoms with Crippen LogP contribution in [0.5, 0.6) is 0 Å². The molecule has 2 heterocycles. The van der Waals surface area contributed by atoms with Gasteiger partial charge in [0, 0.05) is 45.3 Å². The summed E-state index contributed by atoms with van der Waals surface area (Å²) in [6.45, 7) is 20.4. The Morgan fingerprint density at radius 1 is 1.03 bits per heavy atom. The quantitative estimate of drug-likeness (QED) is 0.211. The van der Waals surface area contributed by atoms with Crippen LogP contribution in [0, 0.1) is 11.8 Å². The van der Waals surface area contributed by atoms with Crippen LogP contribution in [0.15, 0.2) is 4.99 Å². The molecule has 0 bridgehead atoms. The molecule has 1 unspecified atom stereocenters. The predicted molar refractivity (Wildman–Crippen MR) is 137 cm³/mol. The standard InChI is InChI=1S/C22H46N6.HI/c1-6-23-22(24-10-7-11-27-12-8-20(4)9-13-27)25-18-21(19(2)3)28-16-14-26(5)15-17-28;/h19-21H,6-18H2,1-5H3,(H2,23,24,25);1H. The summed E-state index contributed by atoms with van der Waals surface area (Å²) in [4.78, 5) is 12.6. The molecule has 2 fully saturated rings. The Bertz CT molecular complexity index is 443. The van der Waals surface area contributed by atoms with E-state index in [1.165, 1.54) is 52.0 Å². The fourth-order valence-corrected chi connectivity index (χ4v) is 4.22. The fourth-order valence-electron chi connectivity index (χ4n) is 4.22. The zero-order valence-electron chi connectivity index (χ0n) is 19.6. The number of rotatable bonds is 9. The van der Waals surface area contributed by atoms with Crippen LogP contribution in [-0.2, 0) is 0 Å². The van der Waals surface area contributed by atoms with Gasteiger partial charge in [0.25, 0.3) is 0 Å². The van der Waals surface area contributed by atoms with Crippen molar-refractivity contribution in [2.24, 2.45) is 16.8 Å². The molecule has 0 radical (unpaired) electrons. The molecule has 2 aliphatic rings. The van der Waals surface area contributed by atoms with Gasteiger partial charge in [-0.05, 0) is 64.7 Å². The minimum absolute atomic E-state index is 0. The number of piperazine rings is 1. The molecule has 0 aromatic rings. The number of hydrogen-bond donors (Lipinski definition) is 2. The molecule has 2 saturated heterocycles. The van der Waals surface area contributed by atoms with Gasteiger partial charge in [-0.3, -0.25) is 9.89 Å². The number of likely N-dealkylation sites (N-methyl/N-ethyl adjacent to an activating group) is 1. The lowest BCUT2D eigenvalue weighted by Crippen LogP contribution is -2.52. The molecule has 2 N–H and O–H groups in total. The molecule has 0 spiro atoms. The molecule has 0 saturated carbocycles. The normalized spacial score (nSPS) is 21.8. The molecule has 0 aromatic heterocycles. The van der Waals surface area contributed by atoms with Crippen molar-refractivity contribution in [3.8, 4) is 0 Å². The van der Waals surface area contributed by atoms with Gasteiger partial charge in [-0.25, -0.2) is 0 Å². The van der Waals surface area contributed by atoms with E-state index in [-0.39, 0.29) is 24.0 Å². The van der Waals surface area contributed by atoms with E-state index in [9.17, 15) is 0 Å². The van der Waals surface area contributed by atoms with E-state index in [1.807, 2.05) is 0 Å². The van der Waals surface area contributed by atoms with Gasteiger partial charge in [-0.15, -0.1) is 24.0 Å². The number of halogens is 1. The van der Waals surface area contributed by atoms with Crippen molar-refractivity contribution in [3.63, 3.8) is 0 Å². The molecule has 7 heteroatoms. The Morgan fingerprint density at radius 3 is 2.28 bits per heavy atom. The second-order valence-electron chi connectivity index (χ2n) is 9.17. The van der Waals surface area contributed by atoms with Crippen molar-refractivity contribution in [1.82, 2.24) is 25.3 Å². The molecule has 172 valence electrons. The Morgan fingerprint density at radius 2 is 1.69 bits per heavy atom. The lowest BCUT2D eigenvalue weighted by molar-refractivity contribution is 0.0925. The van der Waals surface area contributed by atoms with Crippen LogP contribution in [0.3, 0.4) is 0 Å². The number of nitrogens with zero attached hydrogens (tertiary/aromatic N) is 4. The monoisotopic (exact) mass is 522 g/mol. The first kappa shape index (κ1) is 26.9. The molecule has 0 aliphatic carbocycles. The van der Waals surface area contributed by atoms with E-state index in [0.717, 1.165) is 44.6 Å². The third-order valence-corrected chi connectivity index (χ3v) is 6.38. The van der Waals surface area contributed by atoms with Crippen LogP contribution < -0.4 is 10.6 Å². The average molecular weight is 523 g/mol. The number of guanidine groups is 1. The van der Waals surface area contributed by atoms with Crippen LogP contribution in [-0.4, -0.2) is 99.2 Å². The summed E-state index contributed by atoms with van der Waals surface area (Å²) < 4.78 is 0. The fraction of sp³-hybridized carbons (Fsp3) is 0.955. The summed E-state index contributed by atoms with van der Waals surface area (Å²) in [6.07, 6.45) is 3.91. The molecular formula is C22H47IN6. The Kier molecular flexibility index (Phi) is 13.7. The molecule has 6 nitrogen and oxygen atoms in total. The highest BCUT2D eigenvalue weighted by atomic mass is 127. The van der Waals surface area contributed by atoms with Gasteiger partial charge < -0.3 is 20.4 Å². The number of likely N-dealkylation sites (tertiary alicyclic amines) is 1. The molecule has 0 aromatic carbocycles. The summed E-state index contributed by atoms with van der Waals surface area (Å²) >= 11 is 0. The highest BCUT2D eigenvalue weighted by Crippen LogP contribution is 2.16. The van der Waals surface area contributed by atoms with Gasteiger partial charge in [0.2, 0.25) is 0 Å². The topological polar surface area (TPSA) is 46.1 Å². The van der Waals surface area contributed by atoms with Crippen molar-refractivity contribution in [3.05, 3.63) is 0 Å². The summed E-state index contributed by atoms with van der Waals surface area (Å²) in [5, 5.41) is 6.99. The molecular weight excluding hydrogens is 475 g/mol.